The fourth-order valence-electron chi connectivity index (χ4n) is 2.11. The highest BCUT2D eigenvalue weighted by atomic mass is 35.5. The molecule has 7 heteroatoms. The lowest BCUT2D eigenvalue weighted by Crippen LogP contribution is -2.33. The summed E-state index contributed by atoms with van der Waals surface area (Å²) in [5, 5.41) is 11.0. The molecule has 1 fully saturated rings. The molecule has 1 aromatic heterocycles. The van der Waals surface area contributed by atoms with Gasteiger partial charge in [-0.05, 0) is 32.0 Å². The van der Waals surface area contributed by atoms with E-state index in [1.807, 2.05) is 0 Å². The minimum absolute atomic E-state index is 0.00508. The van der Waals surface area contributed by atoms with E-state index in [-0.39, 0.29) is 16.7 Å². The number of hydrogen-bond acceptors (Lipinski definition) is 5. The second-order valence-corrected chi connectivity index (χ2v) is 4.85. The van der Waals surface area contributed by atoms with Gasteiger partial charge >= 0.3 is 5.69 Å². The van der Waals surface area contributed by atoms with E-state index >= 15 is 0 Å². The van der Waals surface area contributed by atoms with Gasteiger partial charge in [0.1, 0.15) is 11.8 Å². The van der Waals surface area contributed by atoms with Gasteiger partial charge in [-0.1, -0.05) is 18.0 Å². The predicted molar refractivity (Wildman–Crippen MR) is 71.7 cm³/mol. The van der Waals surface area contributed by atoms with E-state index in [0.29, 0.717) is 6.61 Å². The average Bonchev–Trinajstić information content (AvgIpc) is 2.39. The Morgan fingerprint density at radius 3 is 2.79 bits per heavy atom. The van der Waals surface area contributed by atoms with Crippen molar-refractivity contribution >= 4 is 17.3 Å². The van der Waals surface area contributed by atoms with Crippen LogP contribution in [0.15, 0.2) is 12.1 Å². The van der Waals surface area contributed by atoms with Crippen LogP contribution in [0.2, 0.25) is 5.15 Å². The molecule has 6 nitrogen and oxygen atoms in total. The standard InChI is InChI=1S/C12H16ClN3O3/c13-11-5-4-10(16(17)18)12(14-11)19-9-8-15-6-2-1-3-7-15/h4-5H,1-3,6-9H2. The maximum absolute atomic E-state index is 10.8. The molecule has 0 bridgehead atoms. The van der Waals surface area contributed by atoms with Crippen LogP contribution in [0.4, 0.5) is 5.69 Å². The van der Waals surface area contributed by atoms with E-state index in [4.69, 9.17) is 16.3 Å². The van der Waals surface area contributed by atoms with Crippen molar-refractivity contribution in [1.82, 2.24) is 9.88 Å². The Kier molecular flexibility index (Phi) is 4.93. The monoisotopic (exact) mass is 285 g/mol. The molecule has 0 radical (unpaired) electrons. The zero-order valence-corrected chi connectivity index (χ0v) is 11.3. The Hall–Kier alpha value is -1.40. The van der Waals surface area contributed by atoms with Crippen molar-refractivity contribution in [3.63, 3.8) is 0 Å². The van der Waals surface area contributed by atoms with Crippen LogP contribution in [0.5, 0.6) is 5.88 Å². The molecule has 0 amide bonds. The Labute approximate surface area is 116 Å². The lowest BCUT2D eigenvalue weighted by molar-refractivity contribution is -0.386. The third-order valence-corrected chi connectivity index (χ3v) is 3.31. The first-order chi connectivity index (χ1) is 9.16. The molecule has 1 aromatic rings. The summed E-state index contributed by atoms with van der Waals surface area (Å²) in [6.07, 6.45) is 3.68. The van der Waals surface area contributed by atoms with E-state index in [9.17, 15) is 10.1 Å². The normalized spacial score (nSPS) is 16.3. The maximum atomic E-state index is 10.8. The summed E-state index contributed by atoms with van der Waals surface area (Å²) in [5.74, 6) is -0.00508. The first-order valence-electron chi connectivity index (χ1n) is 6.33. The van der Waals surface area contributed by atoms with Crippen LogP contribution in [0.1, 0.15) is 19.3 Å². The maximum Gasteiger partial charge on any atom is 0.331 e. The van der Waals surface area contributed by atoms with Crippen LogP contribution in [-0.2, 0) is 0 Å². The lowest BCUT2D eigenvalue weighted by Gasteiger charge is -2.25. The van der Waals surface area contributed by atoms with Crippen LogP contribution in [0.3, 0.4) is 0 Å². The van der Waals surface area contributed by atoms with Gasteiger partial charge in [-0.15, -0.1) is 0 Å². The number of pyridine rings is 1. The SMILES string of the molecule is O=[N+]([O-])c1ccc(Cl)nc1OCCN1CCCCC1. The van der Waals surface area contributed by atoms with Crippen molar-refractivity contribution in [3.05, 3.63) is 27.4 Å². The zero-order chi connectivity index (χ0) is 13.7. The summed E-state index contributed by atoms with van der Waals surface area (Å²) in [4.78, 5) is 16.5. The summed E-state index contributed by atoms with van der Waals surface area (Å²) < 4.78 is 5.40. The van der Waals surface area contributed by atoms with Crippen molar-refractivity contribution in [2.45, 2.75) is 19.3 Å². The fourth-order valence-corrected chi connectivity index (χ4v) is 2.25. The smallest absolute Gasteiger partial charge is 0.331 e. The molecule has 0 N–H and O–H groups in total. The molecule has 2 heterocycles. The Morgan fingerprint density at radius 1 is 1.37 bits per heavy atom. The summed E-state index contributed by atoms with van der Waals surface area (Å²) in [6, 6.07) is 2.70. The van der Waals surface area contributed by atoms with Gasteiger partial charge in [0.05, 0.1) is 4.92 Å². The van der Waals surface area contributed by atoms with Gasteiger partial charge in [0.2, 0.25) is 0 Å². The molecular formula is C12H16ClN3O3. The molecule has 104 valence electrons. The largest absolute Gasteiger partial charge is 0.471 e. The van der Waals surface area contributed by atoms with Gasteiger partial charge < -0.3 is 4.74 Å². The summed E-state index contributed by atoms with van der Waals surface area (Å²) >= 11 is 5.72. The van der Waals surface area contributed by atoms with Gasteiger partial charge in [0.25, 0.3) is 5.88 Å². The lowest BCUT2D eigenvalue weighted by atomic mass is 10.1. The zero-order valence-electron chi connectivity index (χ0n) is 10.5. The van der Waals surface area contributed by atoms with Gasteiger partial charge in [-0.3, -0.25) is 15.0 Å². The third-order valence-electron chi connectivity index (χ3n) is 3.10. The minimum Gasteiger partial charge on any atom is -0.471 e. The summed E-state index contributed by atoms with van der Waals surface area (Å²) in [7, 11) is 0. The van der Waals surface area contributed by atoms with Crippen molar-refractivity contribution in [2.75, 3.05) is 26.2 Å². The van der Waals surface area contributed by atoms with Crippen molar-refractivity contribution in [1.29, 1.82) is 0 Å². The summed E-state index contributed by atoms with van der Waals surface area (Å²) in [5.41, 5.74) is -0.150. The van der Waals surface area contributed by atoms with Crippen molar-refractivity contribution < 1.29 is 9.66 Å². The number of nitrogens with zero attached hydrogens (tertiary/aromatic N) is 3. The molecule has 0 unspecified atom stereocenters. The van der Waals surface area contributed by atoms with Gasteiger partial charge in [-0.2, -0.15) is 4.98 Å². The van der Waals surface area contributed by atoms with E-state index in [1.54, 1.807) is 0 Å². The molecule has 19 heavy (non-hydrogen) atoms. The van der Waals surface area contributed by atoms with Crippen LogP contribution < -0.4 is 4.74 Å². The van der Waals surface area contributed by atoms with Crippen LogP contribution in [0.25, 0.3) is 0 Å². The van der Waals surface area contributed by atoms with E-state index in [1.165, 1.54) is 31.4 Å². The molecule has 1 aliphatic rings. The number of halogens is 1. The van der Waals surface area contributed by atoms with Crippen LogP contribution in [-0.4, -0.2) is 41.0 Å². The highest BCUT2D eigenvalue weighted by molar-refractivity contribution is 6.29. The number of likely N-dealkylation sites (tertiary alicyclic amines) is 1. The first-order valence-corrected chi connectivity index (χ1v) is 6.71. The number of ether oxygens (including phenoxy) is 1. The van der Waals surface area contributed by atoms with Crippen LogP contribution in [0, 0.1) is 10.1 Å². The van der Waals surface area contributed by atoms with E-state index in [2.05, 4.69) is 9.88 Å². The predicted octanol–water partition coefficient (Wildman–Crippen LogP) is 2.51. The fraction of sp³-hybridized carbons (Fsp3) is 0.583. The molecule has 0 spiro atoms. The molecule has 1 saturated heterocycles. The third kappa shape index (κ3) is 4.04. The van der Waals surface area contributed by atoms with Gasteiger partial charge in [0.15, 0.2) is 0 Å². The van der Waals surface area contributed by atoms with E-state index in [0.717, 1.165) is 19.6 Å². The highest BCUT2D eigenvalue weighted by Gasteiger charge is 2.18. The molecule has 0 atom stereocenters. The minimum atomic E-state index is -0.514. The molecule has 0 aliphatic carbocycles. The van der Waals surface area contributed by atoms with E-state index < -0.39 is 4.92 Å². The Balaban J connectivity index is 1.91. The topological polar surface area (TPSA) is 68.5 Å². The van der Waals surface area contributed by atoms with Gasteiger partial charge in [0, 0.05) is 12.6 Å². The Bertz CT molecular complexity index is 450. The number of hydrogen-bond donors (Lipinski definition) is 0. The Morgan fingerprint density at radius 2 is 2.11 bits per heavy atom. The second-order valence-electron chi connectivity index (χ2n) is 4.47. The summed E-state index contributed by atoms with van der Waals surface area (Å²) in [6.45, 7) is 3.27. The highest BCUT2D eigenvalue weighted by Crippen LogP contribution is 2.26. The first kappa shape index (κ1) is 14.0. The molecule has 0 saturated carbocycles. The van der Waals surface area contributed by atoms with Crippen molar-refractivity contribution in [3.8, 4) is 5.88 Å². The molecule has 1 aliphatic heterocycles. The molecule has 2 rings (SSSR count). The molecule has 0 aromatic carbocycles. The average molecular weight is 286 g/mol. The second kappa shape index (κ2) is 6.68. The number of nitro groups is 1. The number of rotatable bonds is 5. The van der Waals surface area contributed by atoms with Crippen LogP contribution >= 0.6 is 11.6 Å². The van der Waals surface area contributed by atoms with Gasteiger partial charge in [-0.25, -0.2) is 0 Å². The quantitative estimate of drug-likeness (QED) is 0.472. The van der Waals surface area contributed by atoms with Crippen molar-refractivity contribution in [2.24, 2.45) is 0 Å². The number of piperidine rings is 1. The molecular weight excluding hydrogens is 270 g/mol. The number of aromatic nitrogens is 1.